The van der Waals surface area contributed by atoms with Crippen LogP contribution in [0.1, 0.15) is 42.1 Å². The molecule has 2 fully saturated rings. The second-order valence-electron chi connectivity index (χ2n) is 9.20. The summed E-state index contributed by atoms with van der Waals surface area (Å²) >= 11 is 0. The Balaban J connectivity index is 1.33. The van der Waals surface area contributed by atoms with E-state index in [-0.39, 0.29) is 23.3 Å². The minimum Gasteiger partial charge on any atom is -0.339 e. The lowest BCUT2D eigenvalue weighted by molar-refractivity contribution is -0.137. The van der Waals surface area contributed by atoms with Crippen molar-refractivity contribution in [1.29, 1.82) is 0 Å². The zero-order chi connectivity index (χ0) is 25.2. The summed E-state index contributed by atoms with van der Waals surface area (Å²) in [6.07, 6.45) is -2.14. The molecular formula is C25H27F3N4O3. The summed E-state index contributed by atoms with van der Waals surface area (Å²) in [6, 6.07) is 10.9. The maximum absolute atomic E-state index is 13.1. The number of para-hydroxylation sites is 1. The molecule has 2 aromatic rings. The second kappa shape index (κ2) is 9.59. The van der Waals surface area contributed by atoms with Crippen LogP contribution in [0.2, 0.25) is 0 Å². The van der Waals surface area contributed by atoms with Crippen LogP contribution < -0.4 is 10.6 Å². The minimum atomic E-state index is -4.42. The summed E-state index contributed by atoms with van der Waals surface area (Å²) < 4.78 is 38.2. The van der Waals surface area contributed by atoms with Crippen molar-refractivity contribution in [2.75, 3.05) is 36.8 Å². The molecule has 4 rings (SSSR count). The van der Waals surface area contributed by atoms with Crippen LogP contribution in [0.25, 0.3) is 0 Å². The molecule has 0 saturated carbocycles. The zero-order valence-corrected chi connectivity index (χ0v) is 19.3. The molecule has 10 heteroatoms. The lowest BCUT2D eigenvalue weighted by Gasteiger charge is -2.39. The molecule has 35 heavy (non-hydrogen) atoms. The average Bonchev–Trinajstić information content (AvgIpc) is 3.22. The molecule has 0 aliphatic carbocycles. The highest BCUT2D eigenvalue weighted by Gasteiger charge is 2.43. The first-order valence-corrected chi connectivity index (χ1v) is 11.5. The Morgan fingerprint density at radius 1 is 0.857 bits per heavy atom. The van der Waals surface area contributed by atoms with E-state index in [0.717, 1.165) is 31.4 Å². The molecule has 1 spiro atoms. The van der Waals surface area contributed by atoms with E-state index >= 15 is 0 Å². The van der Waals surface area contributed by atoms with Crippen LogP contribution in [0.3, 0.4) is 0 Å². The molecular weight excluding hydrogens is 461 g/mol. The number of benzene rings is 2. The van der Waals surface area contributed by atoms with Gasteiger partial charge in [-0.1, -0.05) is 12.1 Å². The van der Waals surface area contributed by atoms with Gasteiger partial charge in [-0.2, -0.15) is 13.2 Å². The summed E-state index contributed by atoms with van der Waals surface area (Å²) in [7, 11) is 0. The maximum Gasteiger partial charge on any atom is 0.416 e. The quantitative estimate of drug-likeness (QED) is 0.650. The molecule has 0 unspecified atom stereocenters. The van der Waals surface area contributed by atoms with Gasteiger partial charge in [-0.05, 0) is 61.1 Å². The molecule has 0 bridgehead atoms. The number of carbonyl (C=O) groups is 3. The largest absolute Gasteiger partial charge is 0.416 e. The molecule has 2 aliphatic heterocycles. The molecule has 186 valence electrons. The molecule has 2 N–H and O–H groups in total. The van der Waals surface area contributed by atoms with Gasteiger partial charge in [-0.25, -0.2) is 4.79 Å². The van der Waals surface area contributed by atoms with Crippen LogP contribution >= 0.6 is 0 Å². The van der Waals surface area contributed by atoms with E-state index < -0.39 is 11.7 Å². The number of hydrogen-bond donors (Lipinski definition) is 2. The van der Waals surface area contributed by atoms with Gasteiger partial charge < -0.3 is 20.4 Å². The number of amides is 4. The highest BCUT2D eigenvalue weighted by atomic mass is 19.4. The Bertz CT molecular complexity index is 1110. The van der Waals surface area contributed by atoms with E-state index in [1.807, 2.05) is 0 Å². The molecule has 2 aromatic carbocycles. The standard InChI is InChI=1S/C25H27F3N4O3/c1-17(33)29-21-5-3-2-4-20(21)22(34)31-13-10-24(11-14-31)12-15-32(16-24)23(35)30-19-8-6-18(7-9-19)25(26,27)28/h2-9H,10-16H2,1H3,(H,29,33)(H,30,35). The Hall–Kier alpha value is -3.56. The number of rotatable bonds is 3. The zero-order valence-electron chi connectivity index (χ0n) is 19.3. The Morgan fingerprint density at radius 2 is 1.46 bits per heavy atom. The van der Waals surface area contributed by atoms with Crippen molar-refractivity contribution >= 4 is 29.2 Å². The fraction of sp³-hybridized carbons (Fsp3) is 0.400. The summed E-state index contributed by atoms with van der Waals surface area (Å²) in [5, 5.41) is 5.37. The van der Waals surface area contributed by atoms with Gasteiger partial charge in [0.25, 0.3) is 5.91 Å². The second-order valence-corrected chi connectivity index (χ2v) is 9.20. The van der Waals surface area contributed by atoms with E-state index in [2.05, 4.69) is 10.6 Å². The van der Waals surface area contributed by atoms with Gasteiger partial charge in [0.05, 0.1) is 16.8 Å². The molecule has 2 saturated heterocycles. The predicted octanol–water partition coefficient (Wildman–Crippen LogP) is 4.82. The smallest absolute Gasteiger partial charge is 0.339 e. The average molecular weight is 489 g/mol. The van der Waals surface area contributed by atoms with Gasteiger partial charge in [-0.3, -0.25) is 9.59 Å². The number of anilines is 2. The number of carbonyl (C=O) groups excluding carboxylic acids is 3. The van der Waals surface area contributed by atoms with Crippen LogP contribution in [-0.2, 0) is 11.0 Å². The van der Waals surface area contributed by atoms with Crippen molar-refractivity contribution in [2.45, 2.75) is 32.4 Å². The van der Waals surface area contributed by atoms with Gasteiger partial charge in [0, 0.05) is 38.8 Å². The molecule has 2 heterocycles. The van der Waals surface area contributed by atoms with Crippen molar-refractivity contribution in [3.8, 4) is 0 Å². The Labute approximate surface area is 201 Å². The van der Waals surface area contributed by atoms with Gasteiger partial charge >= 0.3 is 12.2 Å². The molecule has 0 aromatic heterocycles. The van der Waals surface area contributed by atoms with Crippen LogP contribution in [0.4, 0.5) is 29.3 Å². The summed E-state index contributed by atoms with van der Waals surface area (Å²) in [5.41, 5.74) is 0.379. The van der Waals surface area contributed by atoms with Crippen molar-refractivity contribution in [1.82, 2.24) is 9.80 Å². The van der Waals surface area contributed by atoms with Crippen molar-refractivity contribution < 1.29 is 27.6 Å². The predicted molar refractivity (Wildman–Crippen MR) is 125 cm³/mol. The first-order chi connectivity index (χ1) is 16.6. The van der Waals surface area contributed by atoms with Gasteiger partial charge in [0.2, 0.25) is 5.91 Å². The first kappa shape index (κ1) is 24.6. The summed E-state index contributed by atoms with van der Waals surface area (Å²) in [5.74, 6) is -0.387. The lowest BCUT2D eigenvalue weighted by Crippen LogP contribution is -2.45. The molecule has 2 aliphatic rings. The van der Waals surface area contributed by atoms with E-state index in [0.29, 0.717) is 43.1 Å². The van der Waals surface area contributed by atoms with Gasteiger partial charge in [0.1, 0.15) is 0 Å². The monoisotopic (exact) mass is 488 g/mol. The van der Waals surface area contributed by atoms with Gasteiger partial charge in [-0.15, -0.1) is 0 Å². The first-order valence-electron chi connectivity index (χ1n) is 11.5. The van der Waals surface area contributed by atoms with Crippen LogP contribution in [0.15, 0.2) is 48.5 Å². The SMILES string of the molecule is CC(=O)Nc1ccccc1C(=O)N1CCC2(CCN(C(=O)Nc3ccc(C(F)(F)F)cc3)C2)CC1. The lowest BCUT2D eigenvalue weighted by atomic mass is 9.77. The minimum absolute atomic E-state index is 0.0919. The molecule has 4 amide bonds. The number of alkyl halides is 3. The highest BCUT2D eigenvalue weighted by Crippen LogP contribution is 2.41. The summed E-state index contributed by atoms with van der Waals surface area (Å²) in [4.78, 5) is 40.7. The number of halogens is 3. The fourth-order valence-electron chi connectivity index (χ4n) is 4.78. The number of piperidine rings is 1. The van der Waals surface area contributed by atoms with E-state index in [1.54, 1.807) is 34.1 Å². The van der Waals surface area contributed by atoms with Crippen molar-refractivity contribution in [2.24, 2.45) is 5.41 Å². The fourth-order valence-corrected chi connectivity index (χ4v) is 4.78. The van der Waals surface area contributed by atoms with Crippen LogP contribution in [-0.4, -0.2) is 53.8 Å². The van der Waals surface area contributed by atoms with Crippen molar-refractivity contribution in [3.63, 3.8) is 0 Å². The third kappa shape index (κ3) is 5.58. The van der Waals surface area contributed by atoms with Gasteiger partial charge in [0.15, 0.2) is 0 Å². The highest BCUT2D eigenvalue weighted by molar-refractivity contribution is 6.03. The number of hydrogen-bond acceptors (Lipinski definition) is 3. The molecule has 7 nitrogen and oxygen atoms in total. The Morgan fingerprint density at radius 3 is 2.06 bits per heavy atom. The normalized spacial score (nSPS) is 17.4. The summed E-state index contributed by atoms with van der Waals surface area (Å²) in [6.45, 7) is 3.56. The topological polar surface area (TPSA) is 81.8 Å². The number of nitrogens with zero attached hydrogens (tertiary/aromatic N) is 2. The molecule has 0 radical (unpaired) electrons. The van der Waals surface area contributed by atoms with Crippen molar-refractivity contribution in [3.05, 3.63) is 59.7 Å². The van der Waals surface area contributed by atoms with E-state index in [1.165, 1.54) is 19.1 Å². The number of nitrogens with one attached hydrogen (secondary N) is 2. The number of likely N-dealkylation sites (tertiary alicyclic amines) is 2. The molecule has 0 atom stereocenters. The van der Waals surface area contributed by atoms with Crippen LogP contribution in [0.5, 0.6) is 0 Å². The maximum atomic E-state index is 13.1. The Kier molecular flexibility index (Phi) is 6.73. The third-order valence-corrected chi connectivity index (χ3v) is 6.77. The third-order valence-electron chi connectivity index (χ3n) is 6.77. The number of urea groups is 1. The van der Waals surface area contributed by atoms with Crippen LogP contribution in [0, 0.1) is 5.41 Å². The van der Waals surface area contributed by atoms with E-state index in [9.17, 15) is 27.6 Å². The van der Waals surface area contributed by atoms with E-state index in [4.69, 9.17) is 0 Å².